The molecule has 0 radical (unpaired) electrons. The normalized spacial score (nSPS) is 10.2. The molecule has 0 atom stereocenters. The van der Waals surface area contributed by atoms with Gasteiger partial charge in [0.05, 0.1) is 0 Å². The van der Waals surface area contributed by atoms with Gasteiger partial charge in [0.25, 0.3) is 0 Å². The van der Waals surface area contributed by atoms with Gasteiger partial charge in [-0.25, -0.2) is 4.98 Å². The van der Waals surface area contributed by atoms with E-state index in [0.717, 1.165) is 12.0 Å². The molecule has 0 bridgehead atoms. The van der Waals surface area contributed by atoms with E-state index in [9.17, 15) is 9.59 Å². The summed E-state index contributed by atoms with van der Waals surface area (Å²) < 4.78 is 0. The molecule has 1 heterocycles. The number of amides is 2. The molecule has 0 aliphatic rings. The van der Waals surface area contributed by atoms with E-state index in [0.29, 0.717) is 18.3 Å². The summed E-state index contributed by atoms with van der Waals surface area (Å²) in [6.45, 7) is 6.51. The van der Waals surface area contributed by atoms with E-state index in [1.165, 1.54) is 0 Å². The molecule has 0 saturated heterocycles. The predicted molar refractivity (Wildman–Crippen MR) is 70.1 cm³/mol. The van der Waals surface area contributed by atoms with Gasteiger partial charge in [-0.05, 0) is 37.0 Å². The van der Waals surface area contributed by atoms with Crippen LogP contribution in [0.1, 0.15) is 25.8 Å². The van der Waals surface area contributed by atoms with Crippen LogP contribution < -0.4 is 10.6 Å². The molecule has 0 spiro atoms. The molecule has 1 aromatic rings. The molecule has 0 aliphatic heterocycles. The average Bonchev–Trinajstić information content (AvgIpc) is 2.28. The topological polar surface area (TPSA) is 71.1 Å². The van der Waals surface area contributed by atoms with Crippen LogP contribution in [0.2, 0.25) is 0 Å². The van der Waals surface area contributed by atoms with Gasteiger partial charge in [-0.15, -0.1) is 0 Å². The highest BCUT2D eigenvalue weighted by atomic mass is 16.2. The number of aryl methyl sites for hydroxylation is 1. The van der Waals surface area contributed by atoms with Crippen LogP contribution >= 0.6 is 0 Å². The number of hydrogen-bond acceptors (Lipinski definition) is 3. The Morgan fingerprint density at radius 1 is 1.33 bits per heavy atom. The molecule has 2 amide bonds. The lowest BCUT2D eigenvalue weighted by atomic mass is 10.1. The summed E-state index contributed by atoms with van der Waals surface area (Å²) in [6.07, 6.45) is 2.43. The standard InChI is InChI=1S/C13H19N3O2/c1-9(2)4-6-15-12(17)13(18)16-11-8-10(3)5-7-14-11/h5,7-9H,4,6H2,1-3H3,(H,15,17)(H,14,16,18). The van der Waals surface area contributed by atoms with E-state index in [4.69, 9.17) is 0 Å². The molecule has 1 aromatic heterocycles. The molecule has 1 rings (SSSR count). The first-order valence-corrected chi connectivity index (χ1v) is 6.01. The van der Waals surface area contributed by atoms with Crippen LogP contribution in [0.15, 0.2) is 18.3 Å². The minimum absolute atomic E-state index is 0.388. The molecule has 18 heavy (non-hydrogen) atoms. The lowest BCUT2D eigenvalue weighted by molar-refractivity contribution is -0.136. The van der Waals surface area contributed by atoms with Crippen LogP contribution in [0.4, 0.5) is 5.82 Å². The Morgan fingerprint density at radius 3 is 2.67 bits per heavy atom. The van der Waals surface area contributed by atoms with Crippen LogP contribution in [0.25, 0.3) is 0 Å². The van der Waals surface area contributed by atoms with Crippen molar-refractivity contribution in [2.75, 3.05) is 11.9 Å². The summed E-state index contributed by atoms with van der Waals surface area (Å²) >= 11 is 0. The van der Waals surface area contributed by atoms with Crippen molar-refractivity contribution < 1.29 is 9.59 Å². The second-order valence-corrected chi connectivity index (χ2v) is 4.61. The summed E-state index contributed by atoms with van der Waals surface area (Å²) in [5, 5.41) is 5.03. The molecule has 0 unspecified atom stereocenters. The maximum absolute atomic E-state index is 11.5. The number of carbonyl (C=O) groups excluding carboxylic acids is 2. The summed E-state index contributed by atoms with van der Waals surface area (Å²) in [6, 6.07) is 3.53. The third kappa shape index (κ3) is 4.95. The third-order valence-electron chi connectivity index (χ3n) is 2.37. The highest BCUT2D eigenvalue weighted by Crippen LogP contribution is 2.04. The van der Waals surface area contributed by atoms with E-state index < -0.39 is 11.8 Å². The minimum Gasteiger partial charge on any atom is -0.348 e. The second kappa shape index (κ2) is 6.74. The molecule has 0 aromatic carbocycles. The average molecular weight is 249 g/mol. The maximum Gasteiger partial charge on any atom is 0.314 e. The fourth-order valence-electron chi connectivity index (χ4n) is 1.33. The second-order valence-electron chi connectivity index (χ2n) is 4.61. The monoisotopic (exact) mass is 249 g/mol. The van der Waals surface area contributed by atoms with Crippen LogP contribution in [0, 0.1) is 12.8 Å². The smallest absolute Gasteiger partial charge is 0.314 e. The van der Waals surface area contributed by atoms with Gasteiger partial charge in [0.15, 0.2) is 0 Å². The first kappa shape index (κ1) is 14.2. The van der Waals surface area contributed by atoms with Crippen molar-refractivity contribution in [3.05, 3.63) is 23.9 Å². The Balaban J connectivity index is 2.43. The quantitative estimate of drug-likeness (QED) is 0.794. The molecule has 5 nitrogen and oxygen atoms in total. The van der Waals surface area contributed by atoms with Gasteiger partial charge in [0, 0.05) is 12.7 Å². The zero-order valence-electron chi connectivity index (χ0n) is 11.0. The van der Waals surface area contributed by atoms with Crippen molar-refractivity contribution in [3.8, 4) is 0 Å². The Hall–Kier alpha value is -1.91. The van der Waals surface area contributed by atoms with E-state index in [2.05, 4.69) is 29.5 Å². The van der Waals surface area contributed by atoms with Gasteiger partial charge in [0.1, 0.15) is 5.82 Å². The fourth-order valence-corrected chi connectivity index (χ4v) is 1.33. The van der Waals surface area contributed by atoms with Crippen LogP contribution in [0.5, 0.6) is 0 Å². The van der Waals surface area contributed by atoms with Crippen LogP contribution in [-0.2, 0) is 9.59 Å². The Labute approximate surface area is 107 Å². The fraction of sp³-hybridized carbons (Fsp3) is 0.462. The van der Waals surface area contributed by atoms with Crippen molar-refractivity contribution in [1.29, 1.82) is 0 Å². The minimum atomic E-state index is -0.683. The lowest BCUT2D eigenvalue weighted by Crippen LogP contribution is -2.36. The Kier molecular flexibility index (Phi) is 5.30. The molecular weight excluding hydrogens is 230 g/mol. The zero-order valence-corrected chi connectivity index (χ0v) is 11.0. The van der Waals surface area contributed by atoms with Gasteiger partial charge in [-0.2, -0.15) is 0 Å². The highest BCUT2D eigenvalue weighted by molar-refractivity contribution is 6.39. The van der Waals surface area contributed by atoms with Gasteiger partial charge in [0.2, 0.25) is 0 Å². The SMILES string of the molecule is Cc1ccnc(NC(=O)C(=O)NCCC(C)C)c1. The molecule has 98 valence electrons. The Morgan fingerprint density at radius 2 is 2.06 bits per heavy atom. The van der Waals surface area contributed by atoms with Gasteiger partial charge in [-0.3, -0.25) is 9.59 Å². The first-order chi connectivity index (χ1) is 8.49. The van der Waals surface area contributed by atoms with E-state index in [1.54, 1.807) is 12.3 Å². The molecule has 2 N–H and O–H groups in total. The number of anilines is 1. The number of pyridine rings is 1. The third-order valence-corrected chi connectivity index (χ3v) is 2.37. The molecule has 0 saturated carbocycles. The number of aromatic nitrogens is 1. The van der Waals surface area contributed by atoms with Crippen molar-refractivity contribution >= 4 is 17.6 Å². The first-order valence-electron chi connectivity index (χ1n) is 6.01. The summed E-state index contributed by atoms with van der Waals surface area (Å²) in [5.74, 6) is -0.429. The van der Waals surface area contributed by atoms with Crippen molar-refractivity contribution in [2.24, 2.45) is 5.92 Å². The summed E-state index contributed by atoms with van der Waals surface area (Å²) in [7, 11) is 0. The largest absolute Gasteiger partial charge is 0.348 e. The van der Waals surface area contributed by atoms with E-state index in [-0.39, 0.29) is 0 Å². The van der Waals surface area contributed by atoms with Crippen molar-refractivity contribution in [3.63, 3.8) is 0 Å². The van der Waals surface area contributed by atoms with Gasteiger partial charge >= 0.3 is 11.8 Å². The molecule has 0 aliphatic carbocycles. The number of hydrogen-bond donors (Lipinski definition) is 2. The zero-order chi connectivity index (χ0) is 13.5. The van der Waals surface area contributed by atoms with E-state index >= 15 is 0 Å². The van der Waals surface area contributed by atoms with E-state index in [1.807, 2.05) is 13.0 Å². The number of carbonyl (C=O) groups is 2. The van der Waals surface area contributed by atoms with Crippen LogP contribution in [0.3, 0.4) is 0 Å². The molecule has 5 heteroatoms. The highest BCUT2D eigenvalue weighted by Gasteiger charge is 2.13. The number of rotatable bonds is 4. The number of nitrogens with zero attached hydrogens (tertiary/aromatic N) is 1. The van der Waals surface area contributed by atoms with Crippen molar-refractivity contribution in [2.45, 2.75) is 27.2 Å². The Bertz CT molecular complexity index is 430. The summed E-state index contributed by atoms with van der Waals surface area (Å²) in [4.78, 5) is 27.0. The van der Waals surface area contributed by atoms with Gasteiger partial charge < -0.3 is 10.6 Å². The lowest BCUT2D eigenvalue weighted by Gasteiger charge is -2.07. The van der Waals surface area contributed by atoms with Crippen molar-refractivity contribution in [1.82, 2.24) is 10.3 Å². The summed E-state index contributed by atoms with van der Waals surface area (Å²) in [5.41, 5.74) is 0.973. The predicted octanol–water partition coefficient (Wildman–Crippen LogP) is 1.49. The molecular formula is C13H19N3O2. The van der Waals surface area contributed by atoms with Gasteiger partial charge in [-0.1, -0.05) is 13.8 Å². The van der Waals surface area contributed by atoms with Crippen LogP contribution in [-0.4, -0.2) is 23.3 Å². The maximum atomic E-state index is 11.5. The molecule has 0 fully saturated rings. The number of nitrogens with one attached hydrogen (secondary N) is 2.